The highest BCUT2D eigenvalue weighted by Gasteiger charge is 2.28. The number of ether oxygens (including phenoxy) is 1. The molecule has 0 amide bonds. The molecule has 2 N–H and O–H groups in total. The molecule has 3 aliphatic carbocycles. The largest absolute Gasteiger partial charge is 0.491 e. The molecule has 1 saturated heterocycles. The van der Waals surface area contributed by atoms with E-state index in [1.807, 2.05) is 0 Å². The number of hydrogen-bond donors (Lipinski definition) is 2. The minimum absolute atomic E-state index is 0.370. The molecule has 4 aliphatic rings. The minimum atomic E-state index is 0.370. The Labute approximate surface area is 190 Å². The summed E-state index contributed by atoms with van der Waals surface area (Å²) in [5.74, 6) is 1.06. The van der Waals surface area contributed by atoms with Gasteiger partial charge in [0.1, 0.15) is 5.76 Å². The van der Waals surface area contributed by atoms with E-state index in [1.54, 1.807) is 0 Å². The third-order valence-corrected chi connectivity index (χ3v) is 7.69. The van der Waals surface area contributed by atoms with Gasteiger partial charge < -0.3 is 15.4 Å². The van der Waals surface area contributed by atoms with E-state index in [-0.39, 0.29) is 0 Å². The quantitative estimate of drug-likeness (QED) is 0.608. The predicted octanol–water partition coefficient (Wildman–Crippen LogP) is 4.15. The Morgan fingerprint density at radius 2 is 1.65 bits per heavy atom. The lowest BCUT2D eigenvalue weighted by Crippen LogP contribution is -2.53. The average Bonchev–Trinajstić information content (AvgIpc) is 3.31. The van der Waals surface area contributed by atoms with Gasteiger partial charge in [-0.25, -0.2) is 0 Å². The molecular weight excluding hydrogens is 384 g/mol. The highest BCUT2D eigenvalue weighted by atomic mass is 16.5. The number of nitrogens with zero attached hydrogens (tertiary/aromatic N) is 2. The Morgan fingerprint density at radius 1 is 0.935 bits per heavy atom. The fourth-order valence-electron chi connectivity index (χ4n) is 5.59. The fraction of sp³-hybridized carbons (Fsp3) is 0.769. The number of nitrogens with one attached hydrogen (secondary N) is 2. The van der Waals surface area contributed by atoms with Gasteiger partial charge >= 0.3 is 0 Å². The number of allylic oxidation sites excluding steroid dienone is 1. The van der Waals surface area contributed by atoms with Crippen LogP contribution in [0.3, 0.4) is 0 Å². The summed E-state index contributed by atoms with van der Waals surface area (Å²) in [6, 6.07) is 2.48. The molecule has 2 saturated carbocycles. The van der Waals surface area contributed by atoms with Crippen LogP contribution in [0.2, 0.25) is 0 Å². The van der Waals surface area contributed by atoms with Gasteiger partial charge in [0.2, 0.25) is 0 Å². The van der Waals surface area contributed by atoms with E-state index in [0.29, 0.717) is 24.2 Å². The van der Waals surface area contributed by atoms with Crippen molar-refractivity contribution in [1.82, 2.24) is 20.4 Å². The van der Waals surface area contributed by atoms with Crippen molar-refractivity contribution in [2.75, 3.05) is 26.2 Å². The molecule has 0 bridgehead atoms. The van der Waals surface area contributed by atoms with Gasteiger partial charge in [-0.1, -0.05) is 6.08 Å². The Kier molecular flexibility index (Phi) is 8.37. The smallest absolute Gasteiger partial charge is 0.115 e. The maximum atomic E-state index is 6.08. The molecule has 0 aromatic heterocycles. The first-order valence-electron chi connectivity index (χ1n) is 12.9. The molecule has 1 atom stereocenters. The second kappa shape index (κ2) is 11.4. The summed E-state index contributed by atoms with van der Waals surface area (Å²) in [7, 11) is 0. The van der Waals surface area contributed by atoms with Crippen molar-refractivity contribution in [3.8, 4) is 0 Å². The predicted molar refractivity (Wildman–Crippen MR) is 129 cm³/mol. The van der Waals surface area contributed by atoms with Gasteiger partial charge in [0.25, 0.3) is 0 Å². The van der Waals surface area contributed by atoms with Crippen LogP contribution in [-0.2, 0) is 4.74 Å². The van der Waals surface area contributed by atoms with Crippen LogP contribution in [0.25, 0.3) is 0 Å². The van der Waals surface area contributed by atoms with E-state index in [1.165, 1.54) is 77.5 Å². The number of rotatable bonds is 8. The van der Waals surface area contributed by atoms with Gasteiger partial charge in [0, 0.05) is 62.7 Å². The van der Waals surface area contributed by atoms with Crippen molar-refractivity contribution < 1.29 is 4.74 Å². The Bertz CT molecular complexity index is 621. The highest BCUT2D eigenvalue weighted by Crippen LogP contribution is 2.26. The van der Waals surface area contributed by atoms with Crippen molar-refractivity contribution >= 4 is 0 Å². The summed E-state index contributed by atoms with van der Waals surface area (Å²) in [5, 5.41) is 7.14. The van der Waals surface area contributed by atoms with Crippen LogP contribution >= 0.6 is 0 Å². The molecule has 5 nitrogen and oxygen atoms in total. The van der Waals surface area contributed by atoms with Crippen molar-refractivity contribution in [1.29, 1.82) is 0 Å². The maximum absolute atomic E-state index is 6.08. The van der Waals surface area contributed by atoms with E-state index in [0.717, 1.165) is 18.2 Å². The van der Waals surface area contributed by atoms with Crippen LogP contribution in [-0.4, -0.2) is 66.3 Å². The zero-order valence-corrected chi connectivity index (χ0v) is 19.8. The van der Waals surface area contributed by atoms with E-state index in [9.17, 15) is 0 Å². The molecule has 4 rings (SSSR count). The fourth-order valence-corrected chi connectivity index (χ4v) is 5.59. The molecule has 0 spiro atoms. The van der Waals surface area contributed by atoms with Crippen LogP contribution < -0.4 is 10.6 Å². The van der Waals surface area contributed by atoms with Gasteiger partial charge in [-0.15, -0.1) is 0 Å². The molecule has 31 heavy (non-hydrogen) atoms. The molecule has 1 unspecified atom stereocenters. The standard InChI is InChI=1S/C26H44N4O/c1-21(2)29-17-19-30(20-18-29)24-11-7-22(8-12-24)27-15-16-28-23-9-13-26(14-10-23)31-25-5-3-4-6-25/h9,13-16,21-25,27-28H,3-8,10-12,17-20H2,1-2H3/b16-15-. The first kappa shape index (κ1) is 22.7. The van der Waals surface area contributed by atoms with E-state index >= 15 is 0 Å². The van der Waals surface area contributed by atoms with Crippen molar-refractivity contribution in [3.63, 3.8) is 0 Å². The van der Waals surface area contributed by atoms with Crippen LogP contribution in [0.5, 0.6) is 0 Å². The molecule has 0 aromatic rings. The first-order chi connectivity index (χ1) is 15.2. The molecule has 0 radical (unpaired) electrons. The average molecular weight is 429 g/mol. The van der Waals surface area contributed by atoms with E-state index < -0.39 is 0 Å². The lowest BCUT2D eigenvalue weighted by atomic mass is 9.90. The summed E-state index contributed by atoms with van der Waals surface area (Å²) < 4.78 is 6.08. The number of hydrogen-bond acceptors (Lipinski definition) is 5. The van der Waals surface area contributed by atoms with Crippen molar-refractivity contribution in [2.45, 2.75) is 102 Å². The van der Waals surface area contributed by atoms with Gasteiger partial charge in [0.15, 0.2) is 0 Å². The zero-order valence-electron chi connectivity index (χ0n) is 19.8. The molecule has 1 heterocycles. The number of piperazine rings is 1. The van der Waals surface area contributed by atoms with Crippen LogP contribution in [0.4, 0.5) is 0 Å². The van der Waals surface area contributed by atoms with Crippen LogP contribution in [0, 0.1) is 0 Å². The van der Waals surface area contributed by atoms with E-state index in [4.69, 9.17) is 4.74 Å². The maximum Gasteiger partial charge on any atom is 0.115 e. The summed E-state index contributed by atoms with van der Waals surface area (Å²) in [6.45, 7) is 9.62. The second-order valence-corrected chi connectivity index (χ2v) is 10.2. The Hall–Kier alpha value is -1.46. The Balaban J connectivity index is 1.08. The summed E-state index contributed by atoms with van der Waals surface area (Å²) in [6.07, 6.45) is 22.6. The van der Waals surface area contributed by atoms with Crippen molar-refractivity contribution in [2.24, 2.45) is 0 Å². The van der Waals surface area contributed by atoms with Crippen molar-refractivity contribution in [3.05, 3.63) is 36.4 Å². The summed E-state index contributed by atoms with van der Waals surface area (Å²) in [5.41, 5.74) is 0. The topological polar surface area (TPSA) is 39.8 Å². The molecule has 5 heteroatoms. The lowest BCUT2D eigenvalue weighted by molar-refractivity contribution is 0.0611. The SMILES string of the molecule is CC(C)N1CCN(C2CCC(N/C=C\NC3C=CC(OC4CCCC4)=CC3)CC2)CC1. The molecule has 0 aromatic carbocycles. The monoisotopic (exact) mass is 428 g/mol. The molecule has 174 valence electrons. The summed E-state index contributed by atoms with van der Waals surface area (Å²) >= 11 is 0. The molecule has 3 fully saturated rings. The molecule has 1 aliphatic heterocycles. The Morgan fingerprint density at radius 3 is 2.29 bits per heavy atom. The third kappa shape index (κ3) is 6.76. The van der Waals surface area contributed by atoms with Crippen LogP contribution in [0.1, 0.15) is 71.6 Å². The zero-order chi connectivity index (χ0) is 21.5. The highest BCUT2D eigenvalue weighted by molar-refractivity contribution is 5.21. The first-order valence-corrected chi connectivity index (χ1v) is 12.9. The third-order valence-electron chi connectivity index (χ3n) is 7.69. The normalized spacial score (nSPS) is 31.3. The van der Waals surface area contributed by atoms with Gasteiger partial charge in [0.05, 0.1) is 6.10 Å². The van der Waals surface area contributed by atoms with Gasteiger partial charge in [-0.3, -0.25) is 9.80 Å². The molecular formula is C26H44N4O. The lowest BCUT2D eigenvalue weighted by Gasteiger charge is -2.43. The van der Waals surface area contributed by atoms with Gasteiger partial charge in [-0.2, -0.15) is 0 Å². The van der Waals surface area contributed by atoms with Gasteiger partial charge in [-0.05, 0) is 83.8 Å². The second-order valence-electron chi connectivity index (χ2n) is 10.2. The minimum Gasteiger partial charge on any atom is -0.491 e. The summed E-state index contributed by atoms with van der Waals surface area (Å²) in [4.78, 5) is 5.36. The van der Waals surface area contributed by atoms with Crippen LogP contribution in [0.15, 0.2) is 36.4 Å². The van der Waals surface area contributed by atoms with E-state index in [2.05, 4.69) is 64.9 Å².